The molecule has 49 heavy (non-hydrogen) atoms. The number of aliphatic hydroxyl groups is 5. The minimum Gasteiger partial charge on any atom is -0.462 e. The van der Waals surface area contributed by atoms with Crippen LogP contribution < -0.4 is 5.73 Å². The Morgan fingerprint density at radius 1 is 1.02 bits per heavy atom. The van der Waals surface area contributed by atoms with Crippen molar-refractivity contribution in [2.75, 3.05) is 21.2 Å². The molecular formula is C34H58N2O13. The molecule has 0 saturated carbocycles. The first-order chi connectivity index (χ1) is 23.0. The lowest BCUT2D eigenvalue weighted by molar-refractivity contribution is -0.344. The number of nitrogens with two attached hydrogens (primary N) is 1. The largest absolute Gasteiger partial charge is 0.462 e. The summed E-state index contributed by atoms with van der Waals surface area (Å²) in [7, 11) is 4.80. The van der Waals surface area contributed by atoms with E-state index in [0.29, 0.717) is 12.7 Å². The predicted molar refractivity (Wildman–Crippen MR) is 175 cm³/mol. The summed E-state index contributed by atoms with van der Waals surface area (Å²) in [6.45, 7) is 6.81. The number of hydrogen-bond acceptors (Lipinski definition) is 15. The average molecular weight is 703 g/mol. The minimum atomic E-state index is -1.96. The fourth-order valence-electron chi connectivity index (χ4n) is 6.87. The van der Waals surface area contributed by atoms with Gasteiger partial charge in [-0.3, -0.25) is 4.79 Å². The van der Waals surface area contributed by atoms with E-state index in [1.807, 2.05) is 13.0 Å². The molecule has 2 saturated heterocycles. The fourth-order valence-corrected chi connectivity index (χ4v) is 6.87. The van der Waals surface area contributed by atoms with Gasteiger partial charge in [-0.05, 0) is 53.1 Å². The van der Waals surface area contributed by atoms with Crippen LogP contribution in [0.2, 0.25) is 0 Å². The highest BCUT2D eigenvalue weighted by molar-refractivity contribution is 5.70. The van der Waals surface area contributed by atoms with E-state index in [2.05, 4.69) is 0 Å². The van der Waals surface area contributed by atoms with Crippen molar-refractivity contribution >= 4 is 12.3 Å². The molecule has 16 atom stereocenters. The van der Waals surface area contributed by atoms with Crippen LogP contribution in [0.15, 0.2) is 24.3 Å². The molecule has 3 aliphatic rings. The summed E-state index contributed by atoms with van der Waals surface area (Å²) in [5.41, 5.74) is 3.96. The number of methoxy groups -OCH3 is 1. The van der Waals surface area contributed by atoms with Gasteiger partial charge in [0.2, 0.25) is 0 Å². The lowest BCUT2D eigenvalue weighted by Gasteiger charge is -2.50. The second-order valence-corrected chi connectivity index (χ2v) is 14.0. The van der Waals surface area contributed by atoms with Crippen molar-refractivity contribution in [1.82, 2.24) is 4.90 Å². The molecule has 0 bridgehead atoms. The minimum absolute atomic E-state index is 0.0499. The Morgan fingerprint density at radius 2 is 1.71 bits per heavy atom. The summed E-state index contributed by atoms with van der Waals surface area (Å²) >= 11 is 0. The highest BCUT2D eigenvalue weighted by Gasteiger charge is 2.52. The number of allylic oxidation sites excluding steroid dienone is 2. The molecule has 282 valence electrons. The van der Waals surface area contributed by atoms with Gasteiger partial charge in [-0.2, -0.15) is 0 Å². The Kier molecular flexibility index (Phi) is 15.8. The van der Waals surface area contributed by atoms with E-state index in [0.717, 1.165) is 0 Å². The molecule has 0 aliphatic carbocycles. The Bertz CT molecular complexity index is 1110. The number of hydrogen-bond donors (Lipinski definition) is 6. The van der Waals surface area contributed by atoms with Crippen LogP contribution in [-0.4, -0.2) is 149 Å². The molecule has 2 fully saturated rings. The molecule has 3 rings (SSSR count). The third-order valence-electron chi connectivity index (χ3n) is 9.62. The number of cyclic esters (lactones) is 1. The third-order valence-corrected chi connectivity index (χ3v) is 9.62. The summed E-state index contributed by atoms with van der Waals surface area (Å²) in [6.07, 6.45) is -4.98. The Morgan fingerprint density at radius 3 is 2.33 bits per heavy atom. The number of aliphatic hydroxyl groups excluding tert-OH is 4. The fraction of sp³-hybridized carbons (Fsp3) is 0.824. The van der Waals surface area contributed by atoms with Crippen LogP contribution in [0.1, 0.15) is 59.8 Å². The normalized spacial score (nSPS) is 44.9. The molecule has 0 aromatic rings. The topological polar surface area (TPSA) is 220 Å². The number of rotatable bonds is 8. The molecule has 15 nitrogen and oxygen atoms in total. The van der Waals surface area contributed by atoms with Gasteiger partial charge in [-0.1, -0.05) is 31.2 Å². The quantitative estimate of drug-likeness (QED) is 0.109. The van der Waals surface area contributed by atoms with Crippen molar-refractivity contribution in [3.8, 4) is 0 Å². The second-order valence-electron chi connectivity index (χ2n) is 14.0. The zero-order valence-electron chi connectivity index (χ0n) is 29.6. The van der Waals surface area contributed by atoms with Gasteiger partial charge in [-0.15, -0.1) is 0 Å². The first-order valence-corrected chi connectivity index (χ1v) is 17.0. The van der Waals surface area contributed by atoms with Gasteiger partial charge in [0, 0.05) is 26.4 Å². The monoisotopic (exact) mass is 702 g/mol. The van der Waals surface area contributed by atoms with Crippen LogP contribution in [0.3, 0.4) is 0 Å². The van der Waals surface area contributed by atoms with E-state index in [9.17, 15) is 35.1 Å². The van der Waals surface area contributed by atoms with Gasteiger partial charge in [0.25, 0.3) is 0 Å². The number of aldehydes is 1. The Hall–Kier alpha value is -1.86. The number of ether oxygens (including phenoxy) is 6. The van der Waals surface area contributed by atoms with Crippen molar-refractivity contribution in [1.29, 1.82) is 0 Å². The first kappa shape index (κ1) is 41.6. The van der Waals surface area contributed by atoms with Gasteiger partial charge in [0.1, 0.15) is 42.5 Å². The van der Waals surface area contributed by atoms with Gasteiger partial charge in [0.05, 0.1) is 43.0 Å². The predicted octanol–water partition coefficient (Wildman–Crippen LogP) is -0.258. The lowest BCUT2D eigenvalue weighted by Crippen LogP contribution is -2.67. The number of carbonyl (C=O) groups is 2. The van der Waals surface area contributed by atoms with Crippen molar-refractivity contribution in [3.05, 3.63) is 24.3 Å². The smallest absolute Gasteiger partial charge is 0.308 e. The average Bonchev–Trinajstić information content (AvgIpc) is 3.00. The molecule has 0 spiro atoms. The summed E-state index contributed by atoms with van der Waals surface area (Å²) in [5, 5.41) is 54.8. The second kappa shape index (κ2) is 18.6. The van der Waals surface area contributed by atoms with Gasteiger partial charge in [-0.25, -0.2) is 0 Å². The maximum absolute atomic E-state index is 12.8. The summed E-state index contributed by atoms with van der Waals surface area (Å²) < 4.78 is 35.9. The van der Waals surface area contributed by atoms with Gasteiger partial charge < -0.3 is 69.4 Å². The highest BCUT2D eigenvalue weighted by atomic mass is 16.7. The Labute approximate surface area is 288 Å². The highest BCUT2D eigenvalue weighted by Crippen LogP contribution is 2.36. The van der Waals surface area contributed by atoms with Gasteiger partial charge >= 0.3 is 5.97 Å². The molecule has 7 N–H and O–H groups in total. The van der Waals surface area contributed by atoms with Crippen LogP contribution in [0.25, 0.3) is 0 Å². The van der Waals surface area contributed by atoms with Crippen LogP contribution in [0.4, 0.5) is 0 Å². The van der Waals surface area contributed by atoms with Crippen molar-refractivity contribution < 1.29 is 63.5 Å². The standard InChI is InChI=1S/C34H58N2O13/c1-18-15-22(13-14-37)30(31(44-7)24(39)16-25(40)45-19(2)11-9-8-10-12-23(18)38)49-33-28(41)27(36(5)6)29(20(3)47-33)48-26-17-34(35,43)32(42)21(4)46-26/h8-10,12,14,18-24,26-33,38-39,41-43H,11,13,15-17,35H2,1-7H3. The maximum atomic E-state index is 12.8. The van der Waals surface area contributed by atoms with E-state index >= 15 is 0 Å². The number of esters is 1. The third kappa shape index (κ3) is 11.1. The molecule has 16 unspecified atom stereocenters. The molecule has 3 heterocycles. The SMILES string of the molecule is COC1C(O)CC(=O)OC(C)CC=CC=CC(O)C(C)CC(CC=O)C1OC1OC(C)C(OC2CC(N)(O)C(O)C(C)O2)C(N(C)C)C1O. The summed E-state index contributed by atoms with van der Waals surface area (Å²) in [6, 6.07) is -0.762. The molecule has 0 aromatic heterocycles. The molecular weight excluding hydrogens is 644 g/mol. The van der Waals surface area contributed by atoms with E-state index in [1.54, 1.807) is 58.0 Å². The number of nitrogens with zero attached hydrogens (tertiary/aromatic N) is 1. The Balaban J connectivity index is 1.94. The summed E-state index contributed by atoms with van der Waals surface area (Å²) in [5.74, 6) is -1.68. The van der Waals surface area contributed by atoms with E-state index in [4.69, 9.17) is 34.2 Å². The van der Waals surface area contributed by atoms with E-state index < -0.39 is 104 Å². The van der Waals surface area contributed by atoms with Crippen molar-refractivity contribution in [2.24, 2.45) is 17.6 Å². The molecule has 0 radical (unpaired) electrons. The van der Waals surface area contributed by atoms with Crippen LogP contribution in [0, 0.1) is 11.8 Å². The molecule has 15 heteroatoms. The lowest BCUT2D eigenvalue weighted by atomic mass is 9.82. The van der Waals surface area contributed by atoms with Crippen molar-refractivity contribution in [2.45, 2.75) is 145 Å². The molecule has 3 aliphatic heterocycles. The first-order valence-electron chi connectivity index (χ1n) is 17.0. The van der Waals surface area contributed by atoms with Crippen molar-refractivity contribution in [3.63, 3.8) is 0 Å². The zero-order chi connectivity index (χ0) is 36.6. The zero-order valence-corrected chi connectivity index (χ0v) is 29.6. The molecule has 0 amide bonds. The molecule has 0 aromatic carbocycles. The van der Waals surface area contributed by atoms with Crippen LogP contribution in [0.5, 0.6) is 0 Å². The van der Waals surface area contributed by atoms with Crippen LogP contribution in [-0.2, 0) is 38.0 Å². The number of likely N-dealkylation sites (N-methyl/N-ethyl adjacent to an activating group) is 1. The summed E-state index contributed by atoms with van der Waals surface area (Å²) in [4.78, 5) is 26.6. The van der Waals surface area contributed by atoms with E-state index in [1.165, 1.54) is 7.11 Å². The van der Waals surface area contributed by atoms with Crippen LogP contribution >= 0.6 is 0 Å². The van der Waals surface area contributed by atoms with E-state index in [-0.39, 0.29) is 25.2 Å². The maximum Gasteiger partial charge on any atom is 0.308 e. The number of carbonyl (C=O) groups excluding carboxylic acids is 2. The van der Waals surface area contributed by atoms with Gasteiger partial charge in [0.15, 0.2) is 12.6 Å².